The molecule has 2 aromatic carbocycles. The summed E-state index contributed by atoms with van der Waals surface area (Å²) in [6, 6.07) is 17.7. The molecule has 3 aromatic rings. The number of rotatable bonds is 4. The Morgan fingerprint density at radius 2 is 1.63 bits per heavy atom. The molecule has 0 saturated heterocycles. The van der Waals surface area contributed by atoms with Gasteiger partial charge in [0.15, 0.2) is 5.11 Å². The third-order valence-electron chi connectivity index (χ3n) is 4.63. The van der Waals surface area contributed by atoms with Crippen LogP contribution < -0.4 is 16.2 Å². The monoisotopic (exact) mass is 380 g/mol. The van der Waals surface area contributed by atoms with E-state index in [4.69, 9.17) is 12.2 Å². The SMILES string of the molecule is Cc1c(NC(=S)Nc2ccc(C(C)C)cc2)c(=O)n(-c2ccccc2)n1C. The Labute approximate surface area is 164 Å². The van der Waals surface area contributed by atoms with Gasteiger partial charge in [0.2, 0.25) is 0 Å². The predicted molar refractivity (Wildman–Crippen MR) is 116 cm³/mol. The van der Waals surface area contributed by atoms with Crippen LogP contribution in [-0.4, -0.2) is 14.5 Å². The fourth-order valence-electron chi connectivity index (χ4n) is 2.94. The van der Waals surface area contributed by atoms with Gasteiger partial charge in [-0.3, -0.25) is 9.48 Å². The summed E-state index contributed by atoms with van der Waals surface area (Å²) in [7, 11) is 1.86. The van der Waals surface area contributed by atoms with E-state index in [1.807, 2.05) is 61.1 Å². The lowest BCUT2D eigenvalue weighted by Gasteiger charge is -2.11. The number of nitrogens with zero attached hydrogens (tertiary/aromatic N) is 2. The van der Waals surface area contributed by atoms with Gasteiger partial charge in [0, 0.05) is 12.7 Å². The molecule has 2 N–H and O–H groups in total. The minimum absolute atomic E-state index is 0.138. The summed E-state index contributed by atoms with van der Waals surface area (Å²) < 4.78 is 3.44. The second kappa shape index (κ2) is 7.80. The van der Waals surface area contributed by atoms with Crippen molar-refractivity contribution < 1.29 is 0 Å². The molecule has 6 heteroatoms. The summed E-state index contributed by atoms with van der Waals surface area (Å²) in [6.07, 6.45) is 0. The highest BCUT2D eigenvalue weighted by molar-refractivity contribution is 7.80. The Bertz CT molecular complexity index is 1000. The zero-order valence-corrected chi connectivity index (χ0v) is 16.8. The highest BCUT2D eigenvalue weighted by Crippen LogP contribution is 2.18. The van der Waals surface area contributed by atoms with Crippen LogP contribution in [0.3, 0.4) is 0 Å². The number of thiocarbonyl (C=S) groups is 1. The molecule has 0 radical (unpaired) electrons. The fraction of sp³-hybridized carbons (Fsp3) is 0.238. The molecule has 0 aliphatic rings. The van der Waals surface area contributed by atoms with Crippen molar-refractivity contribution in [3.05, 3.63) is 76.2 Å². The van der Waals surface area contributed by atoms with Gasteiger partial charge in [-0.05, 0) is 54.9 Å². The second-order valence-corrected chi connectivity index (χ2v) is 7.20. The first-order valence-electron chi connectivity index (χ1n) is 8.90. The van der Waals surface area contributed by atoms with Crippen LogP contribution in [0.4, 0.5) is 11.4 Å². The number of nitrogens with one attached hydrogen (secondary N) is 2. The summed E-state index contributed by atoms with van der Waals surface area (Å²) in [4.78, 5) is 12.9. The van der Waals surface area contributed by atoms with E-state index in [1.165, 1.54) is 5.56 Å². The minimum atomic E-state index is -0.138. The van der Waals surface area contributed by atoms with E-state index >= 15 is 0 Å². The van der Waals surface area contributed by atoms with Crippen molar-refractivity contribution in [2.45, 2.75) is 26.7 Å². The molecule has 0 saturated carbocycles. The van der Waals surface area contributed by atoms with Gasteiger partial charge in [0.05, 0.1) is 11.4 Å². The Kier molecular flexibility index (Phi) is 5.46. The molecule has 5 nitrogen and oxygen atoms in total. The molecule has 0 amide bonds. The van der Waals surface area contributed by atoms with Crippen molar-refractivity contribution in [1.82, 2.24) is 9.36 Å². The summed E-state index contributed by atoms with van der Waals surface area (Å²) in [6.45, 7) is 6.21. The van der Waals surface area contributed by atoms with Gasteiger partial charge >= 0.3 is 0 Å². The smallest absolute Gasteiger partial charge is 0.295 e. The Morgan fingerprint density at radius 1 is 1.00 bits per heavy atom. The third-order valence-corrected chi connectivity index (χ3v) is 4.83. The van der Waals surface area contributed by atoms with Gasteiger partial charge in [-0.2, -0.15) is 0 Å². The molecule has 0 atom stereocenters. The van der Waals surface area contributed by atoms with E-state index in [1.54, 1.807) is 4.68 Å². The van der Waals surface area contributed by atoms with Crippen molar-refractivity contribution >= 4 is 28.7 Å². The van der Waals surface area contributed by atoms with Crippen LogP contribution >= 0.6 is 12.2 Å². The summed E-state index contributed by atoms with van der Waals surface area (Å²) in [5, 5.41) is 6.59. The molecule has 0 fully saturated rings. The van der Waals surface area contributed by atoms with E-state index in [0.29, 0.717) is 16.7 Å². The van der Waals surface area contributed by atoms with Gasteiger partial charge in [-0.1, -0.05) is 44.2 Å². The van der Waals surface area contributed by atoms with E-state index in [0.717, 1.165) is 17.1 Å². The maximum Gasteiger partial charge on any atom is 0.295 e. The predicted octanol–water partition coefficient (Wildman–Crippen LogP) is 4.42. The lowest BCUT2D eigenvalue weighted by Crippen LogP contribution is -2.25. The van der Waals surface area contributed by atoms with Crippen LogP contribution in [0, 0.1) is 6.92 Å². The molecule has 0 aliphatic carbocycles. The topological polar surface area (TPSA) is 51.0 Å². The van der Waals surface area contributed by atoms with Crippen LogP contribution in [0.5, 0.6) is 0 Å². The zero-order valence-electron chi connectivity index (χ0n) is 16.0. The van der Waals surface area contributed by atoms with Gasteiger partial charge in [-0.25, -0.2) is 4.68 Å². The Balaban J connectivity index is 1.81. The molecule has 0 bridgehead atoms. The minimum Gasteiger partial charge on any atom is -0.332 e. The van der Waals surface area contributed by atoms with Crippen molar-refractivity contribution in [1.29, 1.82) is 0 Å². The first-order chi connectivity index (χ1) is 12.9. The van der Waals surface area contributed by atoms with Crippen LogP contribution in [0.15, 0.2) is 59.4 Å². The summed E-state index contributed by atoms with van der Waals surface area (Å²) in [5.74, 6) is 0.479. The molecule has 140 valence electrons. The fourth-order valence-corrected chi connectivity index (χ4v) is 3.16. The normalized spacial score (nSPS) is 10.9. The van der Waals surface area contributed by atoms with E-state index in [2.05, 4.69) is 36.6 Å². The van der Waals surface area contributed by atoms with Crippen LogP contribution in [0.2, 0.25) is 0 Å². The van der Waals surface area contributed by atoms with Crippen molar-refractivity contribution in [3.8, 4) is 5.69 Å². The Morgan fingerprint density at radius 3 is 2.22 bits per heavy atom. The standard InChI is InChI=1S/C21H24N4OS/c1-14(2)16-10-12-17(13-11-16)22-21(27)23-19-15(3)24(4)25(20(19)26)18-8-6-5-7-9-18/h5-14H,1-4H3,(H2,22,23,27). The lowest BCUT2D eigenvalue weighted by atomic mass is 10.0. The number of aromatic nitrogens is 2. The van der Waals surface area contributed by atoms with Crippen LogP contribution in [0.1, 0.15) is 31.0 Å². The van der Waals surface area contributed by atoms with E-state index < -0.39 is 0 Å². The molecule has 27 heavy (non-hydrogen) atoms. The largest absolute Gasteiger partial charge is 0.332 e. The highest BCUT2D eigenvalue weighted by atomic mass is 32.1. The van der Waals surface area contributed by atoms with Crippen molar-refractivity contribution in [2.75, 3.05) is 10.6 Å². The highest BCUT2D eigenvalue weighted by Gasteiger charge is 2.16. The lowest BCUT2D eigenvalue weighted by molar-refractivity contribution is 0.630. The third kappa shape index (κ3) is 3.95. The molecule has 1 aromatic heterocycles. The van der Waals surface area contributed by atoms with Gasteiger partial charge < -0.3 is 10.6 Å². The first kappa shape index (κ1) is 18.9. The molecule has 3 rings (SSSR count). The maximum atomic E-state index is 12.9. The number of benzene rings is 2. The molecule has 1 heterocycles. The van der Waals surface area contributed by atoms with E-state index in [9.17, 15) is 4.79 Å². The van der Waals surface area contributed by atoms with Gasteiger partial charge in [0.1, 0.15) is 5.69 Å². The zero-order chi connectivity index (χ0) is 19.6. The number of para-hydroxylation sites is 1. The summed E-state index contributed by atoms with van der Waals surface area (Å²) in [5.41, 5.74) is 4.10. The molecular weight excluding hydrogens is 356 g/mol. The Hall–Kier alpha value is -2.86. The van der Waals surface area contributed by atoms with E-state index in [-0.39, 0.29) is 5.56 Å². The van der Waals surface area contributed by atoms with Crippen LogP contribution in [0.25, 0.3) is 5.69 Å². The molecule has 0 unspecified atom stereocenters. The number of hydrogen-bond donors (Lipinski definition) is 2. The molecule has 0 spiro atoms. The maximum absolute atomic E-state index is 12.9. The molecular formula is C21H24N4OS. The van der Waals surface area contributed by atoms with Crippen molar-refractivity contribution in [3.63, 3.8) is 0 Å². The van der Waals surface area contributed by atoms with Crippen molar-refractivity contribution in [2.24, 2.45) is 7.05 Å². The second-order valence-electron chi connectivity index (χ2n) is 6.79. The van der Waals surface area contributed by atoms with Crippen LogP contribution in [-0.2, 0) is 7.05 Å². The number of anilines is 2. The number of hydrogen-bond acceptors (Lipinski definition) is 2. The summed E-state index contributed by atoms with van der Waals surface area (Å²) >= 11 is 5.41. The quantitative estimate of drug-likeness (QED) is 0.658. The van der Waals surface area contributed by atoms with Gasteiger partial charge in [0.25, 0.3) is 5.56 Å². The first-order valence-corrected chi connectivity index (χ1v) is 9.31. The average Bonchev–Trinajstić information content (AvgIpc) is 2.86. The average molecular weight is 381 g/mol. The molecule has 0 aliphatic heterocycles. The van der Waals surface area contributed by atoms with Gasteiger partial charge in [-0.15, -0.1) is 0 Å².